The van der Waals surface area contributed by atoms with E-state index >= 15 is 0 Å². The summed E-state index contributed by atoms with van der Waals surface area (Å²) in [6.45, 7) is 0.222. The number of hydrogen-bond acceptors (Lipinski definition) is 4. The van der Waals surface area contributed by atoms with E-state index in [1.807, 2.05) is 5.43 Å². The number of nitrogen functional groups attached to an aromatic ring is 1. The summed E-state index contributed by atoms with van der Waals surface area (Å²) in [6.07, 6.45) is 0. The topological polar surface area (TPSA) is 63.0 Å². The van der Waals surface area contributed by atoms with E-state index in [0.29, 0.717) is 6.07 Å². The molecule has 2 aromatic rings. The number of benzene rings is 1. The molecule has 0 fully saturated rings. The summed E-state index contributed by atoms with van der Waals surface area (Å²) in [5.41, 5.74) is 2.76. The van der Waals surface area contributed by atoms with Gasteiger partial charge < -0.3 is 10.7 Å². The van der Waals surface area contributed by atoms with Crippen molar-refractivity contribution in [2.45, 2.75) is 6.54 Å². The van der Waals surface area contributed by atoms with Crippen molar-refractivity contribution in [2.75, 3.05) is 10.7 Å². The van der Waals surface area contributed by atoms with Crippen LogP contribution in [0.25, 0.3) is 0 Å². The first-order valence-corrected chi connectivity index (χ1v) is 5.41. The Balaban J connectivity index is 2.13. The van der Waals surface area contributed by atoms with Gasteiger partial charge in [0.1, 0.15) is 5.82 Å². The minimum absolute atomic E-state index is 0.140. The molecular formula is C12H11F3N4. The third kappa shape index (κ3) is 3.14. The maximum Gasteiger partial charge on any atom is 0.178 e. The quantitative estimate of drug-likeness (QED) is 0.588. The second-order valence-electron chi connectivity index (χ2n) is 3.77. The summed E-state index contributed by atoms with van der Waals surface area (Å²) in [5.74, 6) is 2.57. The monoisotopic (exact) mass is 268 g/mol. The first-order chi connectivity index (χ1) is 9.10. The van der Waals surface area contributed by atoms with Crippen LogP contribution in [0.2, 0.25) is 0 Å². The van der Waals surface area contributed by atoms with E-state index in [2.05, 4.69) is 10.3 Å². The van der Waals surface area contributed by atoms with E-state index in [0.717, 1.165) is 5.56 Å². The summed E-state index contributed by atoms with van der Waals surface area (Å²) in [7, 11) is 0. The Hall–Kier alpha value is -2.28. The van der Waals surface area contributed by atoms with Crippen LogP contribution in [-0.2, 0) is 6.54 Å². The standard InChI is InChI=1S/C12H11F3N4/c13-8-3-1-7(2-4-8)6-17-11-9(14)5-10(15)12(18-11)19-16/h1-5H,6,16H2,(H2,17,18,19). The lowest BCUT2D eigenvalue weighted by Crippen LogP contribution is -2.13. The number of rotatable bonds is 4. The molecule has 1 heterocycles. The van der Waals surface area contributed by atoms with Crippen LogP contribution in [0.1, 0.15) is 5.56 Å². The minimum atomic E-state index is -0.882. The highest BCUT2D eigenvalue weighted by Crippen LogP contribution is 2.18. The van der Waals surface area contributed by atoms with Crippen molar-refractivity contribution in [2.24, 2.45) is 5.84 Å². The van der Waals surface area contributed by atoms with Crippen molar-refractivity contribution >= 4 is 11.6 Å². The first-order valence-electron chi connectivity index (χ1n) is 5.41. The molecule has 19 heavy (non-hydrogen) atoms. The van der Waals surface area contributed by atoms with E-state index in [4.69, 9.17) is 5.84 Å². The average Bonchev–Trinajstić information content (AvgIpc) is 2.40. The number of nitrogens with one attached hydrogen (secondary N) is 2. The molecule has 0 unspecified atom stereocenters. The molecule has 0 saturated carbocycles. The van der Waals surface area contributed by atoms with Crippen LogP contribution in [0.5, 0.6) is 0 Å². The molecular weight excluding hydrogens is 257 g/mol. The zero-order valence-electron chi connectivity index (χ0n) is 9.75. The maximum atomic E-state index is 13.4. The molecule has 0 atom stereocenters. The fraction of sp³-hybridized carbons (Fsp3) is 0.0833. The van der Waals surface area contributed by atoms with Gasteiger partial charge in [-0.3, -0.25) is 0 Å². The van der Waals surface area contributed by atoms with Gasteiger partial charge in [0.15, 0.2) is 23.3 Å². The molecule has 4 N–H and O–H groups in total. The second-order valence-corrected chi connectivity index (χ2v) is 3.77. The minimum Gasteiger partial charge on any atom is -0.363 e. The lowest BCUT2D eigenvalue weighted by atomic mass is 10.2. The normalized spacial score (nSPS) is 10.3. The van der Waals surface area contributed by atoms with Crippen LogP contribution in [-0.4, -0.2) is 4.98 Å². The fourth-order valence-electron chi connectivity index (χ4n) is 1.48. The van der Waals surface area contributed by atoms with Crippen molar-refractivity contribution < 1.29 is 13.2 Å². The fourth-order valence-corrected chi connectivity index (χ4v) is 1.48. The molecule has 0 aliphatic heterocycles. The Morgan fingerprint density at radius 2 is 1.63 bits per heavy atom. The third-order valence-corrected chi connectivity index (χ3v) is 2.44. The van der Waals surface area contributed by atoms with Gasteiger partial charge in [0.25, 0.3) is 0 Å². The van der Waals surface area contributed by atoms with Crippen molar-refractivity contribution in [1.82, 2.24) is 4.98 Å². The van der Waals surface area contributed by atoms with Gasteiger partial charge in [0.2, 0.25) is 0 Å². The molecule has 100 valence electrons. The highest BCUT2D eigenvalue weighted by Gasteiger charge is 2.10. The van der Waals surface area contributed by atoms with Crippen molar-refractivity contribution in [3.63, 3.8) is 0 Å². The molecule has 0 aliphatic carbocycles. The SMILES string of the molecule is NNc1nc(NCc2ccc(F)cc2)c(F)cc1F. The largest absolute Gasteiger partial charge is 0.363 e. The molecule has 0 spiro atoms. The summed E-state index contributed by atoms with van der Waals surface area (Å²) < 4.78 is 39.3. The molecule has 0 bridgehead atoms. The van der Waals surface area contributed by atoms with Gasteiger partial charge in [-0.2, -0.15) is 0 Å². The van der Waals surface area contributed by atoms with Gasteiger partial charge >= 0.3 is 0 Å². The molecule has 2 rings (SSSR count). The number of halogens is 3. The Kier molecular flexibility index (Phi) is 3.86. The van der Waals surface area contributed by atoms with Gasteiger partial charge in [0, 0.05) is 12.6 Å². The smallest absolute Gasteiger partial charge is 0.178 e. The average molecular weight is 268 g/mol. The van der Waals surface area contributed by atoms with Crippen LogP contribution in [0.3, 0.4) is 0 Å². The Morgan fingerprint density at radius 1 is 1.00 bits per heavy atom. The van der Waals surface area contributed by atoms with Gasteiger partial charge in [0.05, 0.1) is 0 Å². The van der Waals surface area contributed by atoms with E-state index in [1.165, 1.54) is 12.1 Å². The molecule has 0 radical (unpaired) electrons. The summed E-state index contributed by atoms with van der Waals surface area (Å²) in [6, 6.07) is 6.35. The number of pyridine rings is 1. The van der Waals surface area contributed by atoms with Gasteiger partial charge in [-0.1, -0.05) is 12.1 Å². The molecule has 0 aliphatic rings. The lowest BCUT2D eigenvalue weighted by molar-refractivity contribution is 0.578. The summed E-state index contributed by atoms with van der Waals surface area (Å²) in [5, 5.41) is 2.68. The number of anilines is 2. The molecule has 1 aromatic carbocycles. The van der Waals surface area contributed by atoms with Crippen LogP contribution in [0, 0.1) is 17.5 Å². The van der Waals surface area contributed by atoms with E-state index in [-0.39, 0.29) is 24.0 Å². The highest BCUT2D eigenvalue weighted by molar-refractivity contribution is 5.47. The van der Waals surface area contributed by atoms with E-state index < -0.39 is 11.6 Å². The zero-order chi connectivity index (χ0) is 13.8. The Bertz CT molecular complexity index is 572. The molecule has 1 aromatic heterocycles. The first kappa shape index (κ1) is 13.2. The number of hydrogen-bond donors (Lipinski definition) is 3. The Morgan fingerprint density at radius 3 is 2.26 bits per heavy atom. The molecule has 7 heteroatoms. The third-order valence-electron chi connectivity index (χ3n) is 2.44. The van der Waals surface area contributed by atoms with E-state index in [1.54, 1.807) is 12.1 Å². The van der Waals surface area contributed by atoms with Crippen molar-refractivity contribution in [1.29, 1.82) is 0 Å². The van der Waals surface area contributed by atoms with E-state index in [9.17, 15) is 13.2 Å². The number of hydrazine groups is 1. The number of aromatic nitrogens is 1. The lowest BCUT2D eigenvalue weighted by Gasteiger charge is -2.09. The van der Waals surface area contributed by atoms with Crippen LogP contribution in [0.4, 0.5) is 24.8 Å². The second kappa shape index (κ2) is 5.57. The van der Waals surface area contributed by atoms with Gasteiger partial charge in [-0.15, -0.1) is 0 Å². The maximum absolute atomic E-state index is 13.4. The summed E-state index contributed by atoms with van der Waals surface area (Å²) in [4.78, 5) is 3.65. The predicted octanol–water partition coefficient (Wildman–Crippen LogP) is 2.40. The molecule has 0 saturated heterocycles. The van der Waals surface area contributed by atoms with Crippen LogP contribution < -0.4 is 16.6 Å². The van der Waals surface area contributed by atoms with Gasteiger partial charge in [-0.25, -0.2) is 24.0 Å². The molecule has 4 nitrogen and oxygen atoms in total. The highest BCUT2D eigenvalue weighted by atomic mass is 19.1. The molecule has 0 amide bonds. The number of nitrogens with zero attached hydrogens (tertiary/aromatic N) is 1. The zero-order valence-corrected chi connectivity index (χ0v) is 9.75. The number of nitrogens with two attached hydrogens (primary N) is 1. The van der Waals surface area contributed by atoms with Crippen LogP contribution in [0.15, 0.2) is 30.3 Å². The van der Waals surface area contributed by atoms with Crippen molar-refractivity contribution in [3.05, 3.63) is 53.3 Å². The van der Waals surface area contributed by atoms with Crippen molar-refractivity contribution in [3.8, 4) is 0 Å². The van der Waals surface area contributed by atoms with Crippen LogP contribution >= 0.6 is 0 Å². The predicted molar refractivity (Wildman–Crippen MR) is 65.7 cm³/mol. The summed E-state index contributed by atoms with van der Waals surface area (Å²) >= 11 is 0. The Labute approximate surface area is 107 Å². The van der Waals surface area contributed by atoms with Gasteiger partial charge in [-0.05, 0) is 17.7 Å².